The van der Waals surface area contributed by atoms with Crippen LogP contribution in [0.15, 0.2) is 29.2 Å². The molecule has 1 amide bonds. The number of hydrogen-bond acceptors (Lipinski definition) is 4. The highest BCUT2D eigenvalue weighted by molar-refractivity contribution is 7.91. The van der Waals surface area contributed by atoms with Crippen LogP contribution in [0.4, 0.5) is 0 Å². The van der Waals surface area contributed by atoms with Crippen LogP contribution in [0.5, 0.6) is 0 Å². The summed E-state index contributed by atoms with van der Waals surface area (Å²) < 4.78 is 23.6. The van der Waals surface area contributed by atoms with Crippen LogP contribution in [0, 0.1) is 5.92 Å². The Hall–Kier alpha value is -1.89. The lowest BCUT2D eigenvalue weighted by Crippen LogP contribution is -2.40. The van der Waals surface area contributed by atoms with Crippen LogP contribution in [0.1, 0.15) is 43.0 Å². The number of carboxylic acids is 1. The summed E-state index contributed by atoms with van der Waals surface area (Å²) in [4.78, 5) is 25.2. The van der Waals surface area contributed by atoms with Gasteiger partial charge in [-0.1, -0.05) is 6.92 Å². The van der Waals surface area contributed by atoms with Gasteiger partial charge in [0.05, 0.1) is 10.6 Å². The third kappa shape index (κ3) is 4.56. The van der Waals surface area contributed by atoms with E-state index in [1.807, 2.05) is 0 Å². The minimum absolute atomic E-state index is 0.0255. The van der Waals surface area contributed by atoms with Gasteiger partial charge >= 0.3 is 5.97 Å². The van der Waals surface area contributed by atoms with Crippen molar-refractivity contribution in [3.8, 4) is 0 Å². The molecular formula is C17H23NO5S. The maximum atomic E-state index is 12.6. The molecule has 24 heavy (non-hydrogen) atoms. The number of hydrogen-bond donors (Lipinski definition) is 1. The number of carbonyl (C=O) groups excluding carboxylic acids is 1. The number of benzene rings is 1. The van der Waals surface area contributed by atoms with E-state index < -0.39 is 15.8 Å². The standard InChI is InChI=1S/C17H23NO5S/c1-2-24(22,23)15-8-6-14(7-9-15)17(21)18-11-3-4-13(12-18)5-10-16(19)20/h6-9,13H,2-5,10-12H2,1H3,(H,19,20). The highest BCUT2D eigenvalue weighted by Gasteiger charge is 2.25. The van der Waals surface area contributed by atoms with Gasteiger partial charge in [0.2, 0.25) is 0 Å². The van der Waals surface area contributed by atoms with Crippen molar-refractivity contribution in [2.45, 2.75) is 37.5 Å². The fourth-order valence-corrected chi connectivity index (χ4v) is 3.85. The van der Waals surface area contributed by atoms with Crippen LogP contribution in [0.3, 0.4) is 0 Å². The van der Waals surface area contributed by atoms with E-state index in [0.29, 0.717) is 25.1 Å². The number of likely N-dealkylation sites (tertiary alicyclic amines) is 1. The average molecular weight is 353 g/mol. The fraction of sp³-hybridized carbons (Fsp3) is 0.529. The normalized spacial score (nSPS) is 18.4. The molecule has 1 saturated heterocycles. The van der Waals surface area contributed by atoms with Crippen molar-refractivity contribution in [3.05, 3.63) is 29.8 Å². The van der Waals surface area contributed by atoms with Crippen LogP contribution in [0.2, 0.25) is 0 Å². The van der Waals surface area contributed by atoms with Crippen LogP contribution in [0.25, 0.3) is 0 Å². The Morgan fingerprint density at radius 1 is 1.25 bits per heavy atom. The quantitative estimate of drug-likeness (QED) is 0.846. The summed E-state index contributed by atoms with van der Waals surface area (Å²) in [5, 5.41) is 8.78. The summed E-state index contributed by atoms with van der Waals surface area (Å²) in [5.74, 6) is -0.710. The molecule has 1 unspecified atom stereocenters. The van der Waals surface area contributed by atoms with Gasteiger partial charge in [-0.15, -0.1) is 0 Å². The van der Waals surface area contributed by atoms with Crippen LogP contribution in [-0.2, 0) is 14.6 Å². The molecule has 132 valence electrons. The van der Waals surface area contributed by atoms with Crippen LogP contribution in [-0.4, -0.2) is 49.1 Å². The third-order valence-electron chi connectivity index (χ3n) is 4.41. The zero-order chi connectivity index (χ0) is 17.7. The molecule has 1 aromatic rings. The molecule has 0 saturated carbocycles. The zero-order valence-corrected chi connectivity index (χ0v) is 14.6. The minimum Gasteiger partial charge on any atom is -0.481 e. The van der Waals surface area contributed by atoms with Crippen molar-refractivity contribution in [1.82, 2.24) is 4.90 Å². The smallest absolute Gasteiger partial charge is 0.303 e. The number of carbonyl (C=O) groups is 2. The lowest BCUT2D eigenvalue weighted by Gasteiger charge is -2.32. The molecule has 1 heterocycles. The van der Waals surface area contributed by atoms with Crippen molar-refractivity contribution < 1.29 is 23.1 Å². The molecule has 1 aliphatic heterocycles. The van der Waals surface area contributed by atoms with E-state index in [0.717, 1.165) is 12.8 Å². The molecule has 1 aliphatic rings. The highest BCUT2D eigenvalue weighted by atomic mass is 32.2. The van der Waals surface area contributed by atoms with Crippen molar-refractivity contribution in [3.63, 3.8) is 0 Å². The average Bonchev–Trinajstić information content (AvgIpc) is 2.59. The summed E-state index contributed by atoms with van der Waals surface area (Å²) in [6.45, 7) is 2.79. The second kappa shape index (κ2) is 7.79. The predicted octanol–water partition coefficient (Wildman–Crippen LogP) is 2.20. The Kier molecular flexibility index (Phi) is 5.99. The van der Waals surface area contributed by atoms with E-state index in [1.54, 1.807) is 24.0 Å². The molecule has 0 radical (unpaired) electrons. The maximum Gasteiger partial charge on any atom is 0.303 e. The molecule has 1 N–H and O–H groups in total. The van der Waals surface area contributed by atoms with Crippen LogP contribution < -0.4 is 0 Å². The van der Waals surface area contributed by atoms with Gasteiger partial charge in [0, 0.05) is 25.1 Å². The first-order valence-electron chi connectivity index (χ1n) is 8.17. The van der Waals surface area contributed by atoms with Gasteiger partial charge in [0.15, 0.2) is 9.84 Å². The molecule has 1 aromatic carbocycles. The number of carboxylic acid groups (broad SMARTS) is 1. The molecule has 1 fully saturated rings. The second-order valence-electron chi connectivity index (χ2n) is 6.12. The van der Waals surface area contributed by atoms with Gasteiger partial charge < -0.3 is 10.0 Å². The van der Waals surface area contributed by atoms with Crippen molar-refractivity contribution >= 4 is 21.7 Å². The molecule has 0 bridgehead atoms. The van der Waals surface area contributed by atoms with Crippen molar-refractivity contribution in [1.29, 1.82) is 0 Å². The summed E-state index contributed by atoms with van der Waals surface area (Å²) in [7, 11) is -3.27. The van der Waals surface area contributed by atoms with Gasteiger partial charge in [0.25, 0.3) is 5.91 Å². The summed E-state index contributed by atoms with van der Waals surface area (Å²) in [6.07, 6.45) is 2.49. The van der Waals surface area contributed by atoms with E-state index in [4.69, 9.17) is 5.11 Å². The van der Waals surface area contributed by atoms with Crippen LogP contribution >= 0.6 is 0 Å². The summed E-state index contributed by atoms with van der Waals surface area (Å²) >= 11 is 0. The number of amides is 1. The third-order valence-corrected chi connectivity index (χ3v) is 6.16. The van der Waals surface area contributed by atoms with Crippen molar-refractivity contribution in [2.75, 3.05) is 18.8 Å². The van der Waals surface area contributed by atoms with E-state index in [9.17, 15) is 18.0 Å². The lowest BCUT2D eigenvalue weighted by molar-refractivity contribution is -0.137. The predicted molar refractivity (Wildman–Crippen MR) is 89.7 cm³/mol. The van der Waals surface area contributed by atoms with Crippen molar-refractivity contribution in [2.24, 2.45) is 5.92 Å². The first-order valence-corrected chi connectivity index (χ1v) is 9.82. The molecule has 7 heteroatoms. The number of rotatable bonds is 6. The van der Waals surface area contributed by atoms with E-state index in [2.05, 4.69) is 0 Å². The van der Waals surface area contributed by atoms with Gasteiger partial charge in [-0.25, -0.2) is 8.42 Å². The second-order valence-corrected chi connectivity index (χ2v) is 8.40. The van der Waals surface area contributed by atoms with Gasteiger partial charge in [-0.2, -0.15) is 0 Å². The number of nitrogens with zero attached hydrogens (tertiary/aromatic N) is 1. The Labute approximate surface area is 142 Å². The van der Waals surface area contributed by atoms with E-state index in [1.165, 1.54) is 12.1 Å². The largest absolute Gasteiger partial charge is 0.481 e. The van der Waals surface area contributed by atoms with E-state index in [-0.39, 0.29) is 28.9 Å². The molecular weight excluding hydrogens is 330 g/mol. The van der Waals surface area contributed by atoms with Gasteiger partial charge in [-0.3, -0.25) is 9.59 Å². The molecule has 0 aromatic heterocycles. The fourth-order valence-electron chi connectivity index (χ4n) is 2.97. The Morgan fingerprint density at radius 3 is 2.50 bits per heavy atom. The zero-order valence-electron chi connectivity index (χ0n) is 13.8. The molecule has 0 spiro atoms. The SMILES string of the molecule is CCS(=O)(=O)c1ccc(C(=O)N2CCCC(CCC(=O)O)C2)cc1. The summed E-state index contributed by atoms with van der Waals surface area (Å²) in [6, 6.07) is 6.04. The van der Waals surface area contributed by atoms with E-state index >= 15 is 0 Å². The monoisotopic (exact) mass is 353 g/mol. The van der Waals surface area contributed by atoms with Gasteiger partial charge in [-0.05, 0) is 49.4 Å². The minimum atomic E-state index is -3.27. The number of aliphatic carboxylic acids is 1. The maximum absolute atomic E-state index is 12.6. The molecule has 6 nitrogen and oxygen atoms in total. The first kappa shape index (κ1) is 18.4. The van der Waals surface area contributed by atoms with Gasteiger partial charge in [0.1, 0.15) is 0 Å². The number of sulfone groups is 1. The number of piperidine rings is 1. The first-order chi connectivity index (χ1) is 11.3. The summed E-state index contributed by atoms with van der Waals surface area (Å²) in [5.41, 5.74) is 0.462. The molecule has 1 atom stereocenters. The topological polar surface area (TPSA) is 91.8 Å². The molecule has 2 rings (SSSR count). The lowest BCUT2D eigenvalue weighted by atomic mass is 9.93. The Bertz CT molecular complexity index is 696. The highest BCUT2D eigenvalue weighted by Crippen LogP contribution is 2.23. The molecule has 0 aliphatic carbocycles. The Balaban J connectivity index is 2.04. The Morgan fingerprint density at radius 2 is 1.92 bits per heavy atom.